The van der Waals surface area contributed by atoms with E-state index in [0.29, 0.717) is 11.8 Å². The van der Waals surface area contributed by atoms with Crippen LogP contribution in [0.3, 0.4) is 0 Å². The van der Waals surface area contributed by atoms with Crippen molar-refractivity contribution in [2.45, 2.75) is 91.9 Å². The van der Waals surface area contributed by atoms with Crippen LogP contribution in [0.1, 0.15) is 91.9 Å². The molecule has 3 nitrogen and oxygen atoms in total. The molecular weight excluding hydrogens is 373 g/mol. The molecule has 2 atom stereocenters. The molecule has 28 heavy (non-hydrogen) atoms. The van der Waals surface area contributed by atoms with Crippen LogP contribution in [0.4, 0.5) is 0 Å². The Morgan fingerprint density at radius 1 is 0.821 bits per heavy atom. The summed E-state index contributed by atoms with van der Waals surface area (Å²) < 4.78 is 0. The molecule has 0 heterocycles. The summed E-state index contributed by atoms with van der Waals surface area (Å²) in [7, 11) is 0. The van der Waals surface area contributed by atoms with Gasteiger partial charge in [0.15, 0.2) is 0 Å². The standard InChI is InChI=1S/C24H45NO2.K/c1-5-7-9-11-13-15-17-22(3)19-25(21-24(26)27)20-23(4)18-16-14-12-10-8-6-2;/h13-16,22-23H,5-12,17-21H2,1-4H3,(H,26,27);/q;+1/p-1/b15-13+,16-14+;. The van der Waals surface area contributed by atoms with E-state index >= 15 is 0 Å². The second-order valence-corrected chi connectivity index (χ2v) is 8.18. The molecule has 2 unspecified atom stereocenters. The third-order valence-corrected chi connectivity index (χ3v) is 4.85. The van der Waals surface area contributed by atoms with E-state index in [-0.39, 0.29) is 57.9 Å². The number of unbranched alkanes of at least 4 members (excludes halogenated alkanes) is 6. The van der Waals surface area contributed by atoms with Gasteiger partial charge < -0.3 is 9.90 Å². The Morgan fingerprint density at radius 3 is 1.61 bits per heavy atom. The first-order valence-corrected chi connectivity index (χ1v) is 11.2. The van der Waals surface area contributed by atoms with Gasteiger partial charge >= 0.3 is 51.4 Å². The van der Waals surface area contributed by atoms with Crippen molar-refractivity contribution in [3.8, 4) is 0 Å². The van der Waals surface area contributed by atoms with Crippen LogP contribution in [0.5, 0.6) is 0 Å². The van der Waals surface area contributed by atoms with Gasteiger partial charge in [-0.2, -0.15) is 0 Å². The maximum Gasteiger partial charge on any atom is 1.00 e. The summed E-state index contributed by atoms with van der Waals surface area (Å²) in [4.78, 5) is 13.2. The number of hydrogen-bond acceptors (Lipinski definition) is 3. The second kappa shape index (κ2) is 22.2. The fourth-order valence-electron chi connectivity index (χ4n) is 3.33. The Morgan fingerprint density at radius 2 is 1.25 bits per heavy atom. The van der Waals surface area contributed by atoms with Gasteiger partial charge in [0.05, 0.1) is 5.97 Å². The van der Waals surface area contributed by atoms with E-state index in [4.69, 9.17) is 0 Å². The molecule has 0 fully saturated rings. The van der Waals surface area contributed by atoms with E-state index in [1.807, 2.05) is 0 Å². The van der Waals surface area contributed by atoms with E-state index in [2.05, 4.69) is 56.9 Å². The molecule has 0 bridgehead atoms. The molecule has 0 aliphatic carbocycles. The topological polar surface area (TPSA) is 43.4 Å². The average molecular weight is 418 g/mol. The number of nitrogens with zero attached hydrogens (tertiary/aromatic N) is 1. The second-order valence-electron chi connectivity index (χ2n) is 8.18. The van der Waals surface area contributed by atoms with Gasteiger partial charge in [0.2, 0.25) is 0 Å². The largest absolute Gasteiger partial charge is 1.00 e. The van der Waals surface area contributed by atoms with Crippen molar-refractivity contribution in [1.29, 1.82) is 0 Å². The quantitative estimate of drug-likeness (QED) is 0.195. The third-order valence-electron chi connectivity index (χ3n) is 4.85. The van der Waals surface area contributed by atoms with Crippen LogP contribution in [0.2, 0.25) is 0 Å². The fourth-order valence-corrected chi connectivity index (χ4v) is 3.33. The van der Waals surface area contributed by atoms with Crippen LogP contribution >= 0.6 is 0 Å². The summed E-state index contributed by atoms with van der Waals surface area (Å²) in [6.07, 6.45) is 21.1. The number of carboxylic acids is 1. The third kappa shape index (κ3) is 21.3. The zero-order valence-electron chi connectivity index (χ0n) is 19.4. The van der Waals surface area contributed by atoms with Crippen LogP contribution in [-0.2, 0) is 4.79 Å². The minimum atomic E-state index is -0.973. The molecule has 0 saturated heterocycles. The predicted octanol–water partition coefficient (Wildman–Crippen LogP) is 2.37. The van der Waals surface area contributed by atoms with Crippen molar-refractivity contribution in [1.82, 2.24) is 4.90 Å². The molecule has 0 aromatic rings. The van der Waals surface area contributed by atoms with Crippen LogP contribution in [0.15, 0.2) is 24.3 Å². The molecule has 0 N–H and O–H groups in total. The summed E-state index contributed by atoms with van der Waals surface area (Å²) in [6.45, 7) is 10.5. The number of carbonyl (C=O) groups is 1. The molecule has 0 aromatic heterocycles. The van der Waals surface area contributed by atoms with Crippen LogP contribution < -0.4 is 56.5 Å². The van der Waals surface area contributed by atoms with E-state index in [1.54, 1.807) is 0 Å². The van der Waals surface area contributed by atoms with Gasteiger partial charge in [-0.05, 0) is 50.4 Å². The number of carboxylic acid groups (broad SMARTS) is 1. The molecule has 158 valence electrons. The van der Waals surface area contributed by atoms with Crippen LogP contribution in [0, 0.1) is 11.8 Å². The number of aliphatic carboxylic acids is 1. The molecule has 0 aromatic carbocycles. The normalized spacial score (nSPS) is 13.9. The van der Waals surface area contributed by atoms with Crippen molar-refractivity contribution in [3.63, 3.8) is 0 Å². The summed E-state index contributed by atoms with van der Waals surface area (Å²) >= 11 is 0. The van der Waals surface area contributed by atoms with Crippen molar-refractivity contribution < 1.29 is 61.3 Å². The zero-order valence-corrected chi connectivity index (χ0v) is 22.5. The number of rotatable bonds is 18. The van der Waals surface area contributed by atoms with Crippen molar-refractivity contribution in [2.75, 3.05) is 19.6 Å². The van der Waals surface area contributed by atoms with Crippen molar-refractivity contribution in [2.24, 2.45) is 11.8 Å². The molecular formula is C24H44KNO2. The first-order valence-electron chi connectivity index (χ1n) is 11.2. The summed E-state index contributed by atoms with van der Waals surface area (Å²) in [6, 6.07) is 0. The summed E-state index contributed by atoms with van der Waals surface area (Å²) in [5.74, 6) is -0.0493. The van der Waals surface area contributed by atoms with Gasteiger partial charge in [-0.1, -0.05) is 77.7 Å². The molecule has 4 heteroatoms. The molecule has 0 radical (unpaired) electrons. The molecule has 0 rings (SSSR count). The SMILES string of the molecule is CCCCC/C=C/CC(C)CN(CC(=O)[O-])CC(C)C/C=C/CCCCC.[K+]. The monoisotopic (exact) mass is 417 g/mol. The fraction of sp³-hybridized carbons (Fsp3) is 0.792. The van der Waals surface area contributed by atoms with Gasteiger partial charge in [-0.25, -0.2) is 0 Å². The Labute approximate surface area is 217 Å². The Balaban J connectivity index is 0. The minimum absolute atomic E-state index is 0. The maximum absolute atomic E-state index is 11.1. The van der Waals surface area contributed by atoms with E-state index in [0.717, 1.165) is 38.8 Å². The van der Waals surface area contributed by atoms with Gasteiger partial charge in [-0.3, -0.25) is 4.90 Å². The van der Waals surface area contributed by atoms with Gasteiger partial charge in [0, 0.05) is 19.6 Å². The van der Waals surface area contributed by atoms with E-state index in [9.17, 15) is 9.90 Å². The molecule has 0 aliphatic heterocycles. The van der Waals surface area contributed by atoms with Crippen LogP contribution in [-0.4, -0.2) is 30.5 Å². The van der Waals surface area contributed by atoms with Crippen molar-refractivity contribution >= 4 is 5.97 Å². The Bertz CT molecular complexity index is 379. The molecule has 0 spiro atoms. The smallest absolute Gasteiger partial charge is 0.549 e. The molecule has 0 amide bonds. The van der Waals surface area contributed by atoms with Gasteiger partial charge in [0.25, 0.3) is 0 Å². The zero-order chi connectivity index (χ0) is 20.3. The van der Waals surface area contributed by atoms with Gasteiger partial charge in [0.1, 0.15) is 0 Å². The van der Waals surface area contributed by atoms with E-state index < -0.39 is 5.97 Å². The predicted molar refractivity (Wildman–Crippen MR) is 116 cm³/mol. The first-order chi connectivity index (χ1) is 13.0. The maximum atomic E-state index is 11.1. The van der Waals surface area contributed by atoms with Crippen LogP contribution in [0.25, 0.3) is 0 Å². The first kappa shape index (κ1) is 30.7. The molecule has 0 aliphatic rings. The van der Waals surface area contributed by atoms with Gasteiger partial charge in [-0.15, -0.1) is 0 Å². The number of hydrogen-bond donors (Lipinski definition) is 0. The number of allylic oxidation sites excluding steroid dienone is 4. The number of carbonyl (C=O) groups excluding carboxylic acids is 1. The van der Waals surface area contributed by atoms with E-state index in [1.165, 1.54) is 38.5 Å². The minimum Gasteiger partial charge on any atom is -0.549 e. The Kier molecular flexibility index (Phi) is 24.4. The Hall–Kier alpha value is 0.546. The summed E-state index contributed by atoms with van der Waals surface area (Å²) in [5.41, 5.74) is 0. The van der Waals surface area contributed by atoms with Crippen molar-refractivity contribution in [3.05, 3.63) is 24.3 Å². The average Bonchev–Trinajstić information content (AvgIpc) is 2.60. The summed E-state index contributed by atoms with van der Waals surface area (Å²) in [5, 5.41) is 11.1. The molecule has 0 saturated carbocycles.